The molecule has 0 spiro atoms. The van der Waals surface area contributed by atoms with Crippen molar-refractivity contribution >= 4 is 33.2 Å². The van der Waals surface area contributed by atoms with Crippen LogP contribution >= 0.6 is 27.3 Å². The molecule has 2 aromatic rings. The van der Waals surface area contributed by atoms with Crippen molar-refractivity contribution in [2.45, 2.75) is 26.8 Å². The first-order valence-corrected chi connectivity index (χ1v) is 8.27. The molecule has 0 bridgehead atoms. The van der Waals surface area contributed by atoms with Gasteiger partial charge in [0.2, 0.25) is 0 Å². The van der Waals surface area contributed by atoms with Gasteiger partial charge in [-0.3, -0.25) is 4.79 Å². The Morgan fingerprint density at radius 3 is 2.60 bits per heavy atom. The molecule has 4 heteroatoms. The van der Waals surface area contributed by atoms with Crippen LogP contribution in [0.1, 0.15) is 40.7 Å². The van der Waals surface area contributed by atoms with Crippen molar-refractivity contribution < 1.29 is 4.79 Å². The second-order valence-electron chi connectivity index (χ2n) is 5.12. The summed E-state index contributed by atoms with van der Waals surface area (Å²) in [6, 6.07) is 9.85. The summed E-state index contributed by atoms with van der Waals surface area (Å²) in [5.74, 6) is 0.334. The lowest BCUT2D eigenvalue weighted by Gasteiger charge is -2.22. The van der Waals surface area contributed by atoms with E-state index in [9.17, 15) is 4.79 Å². The molecule has 0 radical (unpaired) electrons. The summed E-state index contributed by atoms with van der Waals surface area (Å²) in [6.45, 7) is 6.20. The predicted molar refractivity (Wildman–Crippen MR) is 88.2 cm³/mol. The lowest BCUT2D eigenvalue weighted by Crippen LogP contribution is -2.31. The summed E-state index contributed by atoms with van der Waals surface area (Å²) >= 11 is 5.15. The lowest BCUT2D eigenvalue weighted by atomic mass is 10.0. The fourth-order valence-electron chi connectivity index (χ4n) is 2.11. The first-order valence-electron chi connectivity index (χ1n) is 6.60. The van der Waals surface area contributed by atoms with Gasteiger partial charge in [-0.05, 0) is 42.0 Å². The first kappa shape index (κ1) is 15.3. The third-order valence-corrected chi connectivity index (χ3v) is 5.13. The molecule has 0 fully saturated rings. The van der Waals surface area contributed by atoms with E-state index < -0.39 is 0 Å². The zero-order valence-corrected chi connectivity index (χ0v) is 14.2. The van der Waals surface area contributed by atoms with E-state index in [0.29, 0.717) is 5.92 Å². The van der Waals surface area contributed by atoms with Crippen molar-refractivity contribution in [2.75, 3.05) is 0 Å². The van der Waals surface area contributed by atoms with E-state index in [1.165, 1.54) is 4.88 Å². The molecular weight excluding hydrogens is 334 g/mol. The number of nitrogens with one attached hydrogen (secondary N) is 1. The lowest BCUT2D eigenvalue weighted by molar-refractivity contribution is 0.0926. The maximum atomic E-state index is 12.5. The highest BCUT2D eigenvalue weighted by atomic mass is 79.9. The average molecular weight is 352 g/mol. The Hall–Kier alpha value is -1.13. The molecule has 1 unspecified atom stereocenters. The number of carbonyl (C=O) groups is 1. The molecule has 20 heavy (non-hydrogen) atoms. The Morgan fingerprint density at radius 1 is 1.25 bits per heavy atom. The van der Waals surface area contributed by atoms with Crippen LogP contribution in [-0.4, -0.2) is 5.91 Å². The topological polar surface area (TPSA) is 29.1 Å². The number of hydrogen-bond acceptors (Lipinski definition) is 2. The van der Waals surface area contributed by atoms with Gasteiger partial charge in [-0.25, -0.2) is 0 Å². The molecule has 1 amide bonds. The van der Waals surface area contributed by atoms with Gasteiger partial charge in [-0.15, -0.1) is 11.3 Å². The Bertz CT molecular complexity index is 593. The second kappa shape index (κ2) is 6.55. The molecule has 1 atom stereocenters. The standard InChI is InChI=1S/C16H18BrNOS/c1-10(2)15(14-8-5-9-20-14)18-16(19)12-6-4-7-13(17)11(12)3/h4-10,15H,1-3H3,(H,18,19). The van der Waals surface area contributed by atoms with Crippen LogP contribution in [0.15, 0.2) is 40.2 Å². The fourth-order valence-corrected chi connectivity index (χ4v) is 3.42. The van der Waals surface area contributed by atoms with Gasteiger partial charge in [0.25, 0.3) is 5.91 Å². The number of halogens is 1. The molecule has 0 aliphatic heterocycles. The summed E-state index contributed by atoms with van der Waals surface area (Å²) in [5, 5.41) is 5.20. The van der Waals surface area contributed by atoms with Gasteiger partial charge >= 0.3 is 0 Å². The second-order valence-corrected chi connectivity index (χ2v) is 6.96. The number of rotatable bonds is 4. The molecule has 1 N–H and O–H groups in total. The van der Waals surface area contributed by atoms with Gasteiger partial charge in [0.15, 0.2) is 0 Å². The maximum absolute atomic E-state index is 12.5. The van der Waals surface area contributed by atoms with E-state index >= 15 is 0 Å². The van der Waals surface area contributed by atoms with Crippen LogP contribution < -0.4 is 5.32 Å². The van der Waals surface area contributed by atoms with Crippen LogP contribution in [0, 0.1) is 12.8 Å². The van der Waals surface area contributed by atoms with Crippen LogP contribution in [0.3, 0.4) is 0 Å². The van der Waals surface area contributed by atoms with E-state index in [-0.39, 0.29) is 11.9 Å². The van der Waals surface area contributed by atoms with Gasteiger partial charge in [-0.1, -0.05) is 41.9 Å². The summed E-state index contributed by atoms with van der Waals surface area (Å²) in [7, 11) is 0. The molecule has 106 valence electrons. The quantitative estimate of drug-likeness (QED) is 0.829. The summed E-state index contributed by atoms with van der Waals surface area (Å²) in [6.07, 6.45) is 0. The molecular formula is C16H18BrNOS. The highest BCUT2D eigenvalue weighted by molar-refractivity contribution is 9.10. The van der Waals surface area contributed by atoms with Gasteiger partial charge < -0.3 is 5.32 Å². The number of carbonyl (C=O) groups excluding carboxylic acids is 1. The Labute approximate surface area is 132 Å². The summed E-state index contributed by atoms with van der Waals surface area (Å²) in [5.41, 5.74) is 1.69. The minimum Gasteiger partial charge on any atom is -0.344 e. The van der Waals surface area contributed by atoms with Crippen LogP contribution in [0.5, 0.6) is 0 Å². The zero-order chi connectivity index (χ0) is 14.7. The van der Waals surface area contributed by atoms with Crippen molar-refractivity contribution in [1.29, 1.82) is 0 Å². The molecule has 0 aliphatic carbocycles. The number of thiophene rings is 1. The van der Waals surface area contributed by atoms with Crippen molar-refractivity contribution in [3.63, 3.8) is 0 Å². The smallest absolute Gasteiger partial charge is 0.252 e. The molecule has 0 saturated heterocycles. The van der Waals surface area contributed by atoms with E-state index in [2.05, 4.69) is 41.2 Å². The third-order valence-electron chi connectivity index (χ3n) is 3.32. The molecule has 1 heterocycles. The van der Waals surface area contributed by atoms with Crippen LogP contribution in [0.2, 0.25) is 0 Å². The largest absolute Gasteiger partial charge is 0.344 e. The van der Waals surface area contributed by atoms with Crippen LogP contribution in [0.4, 0.5) is 0 Å². The number of amides is 1. The summed E-state index contributed by atoms with van der Waals surface area (Å²) in [4.78, 5) is 13.7. The molecule has 0 saturated carbocycles. The first-order chi connectivity index (χ1) is 9.50. The van der Waals surface area contributed by atoms with Gasteiger partial charge in [0.05, 0.1) is 6.04 Å². The van der Waals surface area contributed by atoms with E-state index in [1.54, 1.807) is 11.3 Å². The average Bonchev–Trinajstić information content (AvgIpc) is 2.92. The van der Waals surface area contributed by atoms with Gasteiger partial charge in [0.1, 0.15) is 0 Å². The van der Waals surface area contributed by atoms with Gasteiger partial charge in [0, 0.05) is 14.9 Å². The van der Waals surface area contributed by atoms with E-state index in [4.69, 9.17) is 0 Å². The normalized spacial score (nSPS) is 12.4. The monoisotopic (exact) mass is 351 g/mol. The zero-order valence-electron chi connectivity index (χ0n) is 11.8. The minimum absolute atomic E-state index is 0.0177. The number of benzene rings is 1. The van der Waals surface area contributed by atoms with Crippen molar-refractivity contribution in [3.05, 3.63) is 56.2 Å². The van der Waals surface area contributed by atoms with Crippen molar-refractivity contribution in [2.24, 2.45) is 5.92 Å². The third kappa shape index (κ3) is 3.30. The SMILES string of the molecule is Cc1c(Br)cccc1C(=O)NC(c1cccs1)C(C)C. The Balaban J connectivity index is 2.23. The van der Waals surface area contributed by atoms with E-state index in [0.717, 1.165) is 15.6 Å². The Morgan fingerprint density at radius 2 is 2.00 bits per heavy atom. The van der Waals surface area contributed by atoms with Crippen LogP contribution in [0.25, 0.3) is 0 Å². The minimum atomic E-state index is -0.0177. The molecule has 2 nitrogen and oxygen atoms in total. The van der Waals surface area contributed by atoms with E-state index in [1.807, 2.05) is 36.6 Å². The predicted octanol–water partition coefficient (Wildman–Crippen LogP) is 4.95. The maximum Gasteiger partial charge on any atom is 0.252 e. The highest BCUT2D eigenvalue weighted by Crippen LogP contribution is 2.27. The van der Waals surface area contributed by atoms with Crippen LogP contribution in [-0.2, 0) is 0 Å². The van der Waals surface area contributed by atoms with Crippen molar-refractivity contribution in [3.8, 4) is 0 Å². The highest BCUT2D eigenvalue weighted by Gasteiger charge is 2.21. The van der Waals surface area contributed by atoms with Gasteiger partial charge in [-0.2, -0.15) is 0 Å². The molecule has 2 rings (SSSR count). The molecule has 0 aliphatic rings. The van der Waals surface area contributed by atoms with Crippen molar-refractivity contribution in [1.82, 2.24) is 5.32 Å². The molecule has 1 aromatic heterocycles. The number of hydrogen-bond donors (Lipinski definition) is 1. The summed E-state index contributed by atoms with van der Waals surface area (Å²) < 4.78 is 0.961. The Kier molecular flexibility index (Phi) is 5.00. The molecule has 1 aromatic carbocycles. The fraction of sp³-hybridized carbons (Fsp3) is 0.312.